The quantitative estimate of drug-likeness (QED) is 0.910. The summed E-state index contributed by atoms with van der Waals surface area (Å²) in [6, 6.07) is 16.6. The van der Waals surface area contributed by atoms with E-state index in [2.05, 4.69) is 53.5 Å². The minimum Gasteiger partial charge on any atom is -0.383 e. The number of nitriles is 1. The third kappa shape index (κ3) is 2.85. The normalized spacial score (nSPS) is 13.8. The van der Waals surface area contributed by atoms with Crippen molar-refractivity contribution in [1.82, 2.24) is 0 Å². The second kappa shape index (κ2) is 5.88. The Morgan fingerprint density at radius 1 is 1.24 bits per heavy atom. The molecule has 0 aromatic heterocycles. The van der Waals surface area contributed by atoms with Crippen molar-refractivity contribution < 1.29 is 0 Å². The van der Waals surface area contributed by atoms with Gasteiger partial charge in [0.25, 0.3) is 0 Å². The number of rotatable bonds is 2. The summed E-state index contributed by atoms with van der Waals surface area (Å²) < 4.78 is 0. The van der Waals surface area contributed by atoms with Crippen molar-refractivity contribution in [1.29, 1.82) is 5.26 Å². The molecule has 3 nitrogen and oxygen atoms in total. The Bertz CT molecular complexity index is 685. The summed E-state index contributed by atoms with van der Waals surface area (Å²) >= 11 is 0. The molecule has 0 atom stereocenters. The van der Waals surface area contributed by atoms with E-state index in [4.69, 9.17) is 5.26 Å². The van der Waals surface area contributed by atoms with E-state index >= 15 is 0 Å². The van der Waals surface area contributed by atoms with Crippen molar-refractivity contribution in [3.8, 4) is 6.07 Å². The fraction of sp³-hybridized carbons (Fsp3) is 0.278. The van der Waals surface area contributed by atoms with Crippen LogP contribution in [-0.4, -0.2) is 13.1 Å². The molecule has 1 N–H and O–H groups in total. The number of nitrogens with one attached hydrogen (secondary N) is 1. The Morgan fingerprint density at radius 3 is 2.90 bits per heavy atom. The molecule has 0 unspecified atom stereocenters. The summed E-state index contributed by atoms with van der Waals surface area (Å²) in [6.45, 7) is 5.03. The molecule has 0 fully saturated rings. The lowest BCUT2D eigenvalue weighted by atomic mass is 10.0. The van der Waals surface area contributed by atoms with Crippen molar-refractivity contribution in [2.24, 2.45) is 0 Å². The molecule has 0 amide bonds. The average Bonchev–Trinajstić information content (AvgIpc) is 2.72. The van der Waals surface area contributed by atoms with Gasteiger partial charge in [0.1, 0.15) is 0 Å². The van der Waals surface area contributed by atoms with Gasteiger partial charge in [-0.15, -0.1) is 0 Å². The fourth-order valence-electron chi connectivity index (χ4n) is 2.82. The summed E-state index contributed by atoms with van der Waals surface area (Å²) in [5.41, 5.74) is 5.67. The van der Waals surface area contributed by atoms with Gasteiger partial charge in [0.15, 0.2) is 0 Å². The van der Waals surface area contributed by atoms with Gasteiger partial charge < -0.3 is 10.2 Å². The molecule has 2 aromatic rings. The molecular weight excluding hydrogens is 258 g/mol. The number of nitrogens with zero attached hydrogens (tertiary/aromatic N) is 2. The van der Waals surface area contributed by atoms with Gasteiger partial charge in [0, 0.05) is 19.6 Å². The number of anilines is 2. The Kier molecular flexibility index (Phi) is 3.79. The van der Waals surface area contributed by atoms with Crippen molar-refractivity contribution >= 4 is 11.4 Å². The van der Waals surface area contributed by atoms with Crippen molar-refractivity contribution in [3.63, 3.8) is 0 Å². The first-order valence-electron chi connectivity index (χ1n) is 7.35. The molecule has 0 radical (unpaired) electrons. The van der Waals surface area contributed by atoms with Gasteiger partial charge in [-0.1, -0.05) is 18.2 Å². The van der Waals surface area contributed by atoms with E-state index in [9.17, 15) is 0 Å². The Morgan fingerprint density at radius 2 is 2.10 bits per heavy atom. The molecule has 3 heteroatoms. The van der Waals surface area contributed by atoms with Crippen LogP contribution in [0, 0.1) is 18.3 Å². The second-order valence-electron chi connectivity index (χ2n) is 5.47. The van der Waals surface area contributed by atoms with Gasteiger partial charge in [-0.05, 0) is 48.7 Å². The average molecular weight is 277 g/mol. The fourth-order valence-corrected chi connectivity index (χ4v) is 2.82. The summed E-state index contributed by atoms with van der Waals surface area (Å²) in [5.74, 6) is 0. The lowest BCUT2D eigenvalue weighted by Gasteiger charge is -2.25. The molecule has 1 aliphatic heterocycles. The summed E-state index contributed by atoms with van der Waals surface area (Å²) in [5, 5.41) is 12.5. The number of hydrogen-bond donors (Lipinski definition) is 1. The Hall–Kier alpha value is -2.47. The van der Waals surface area contributed by atoms with Crippen LogP contribution in [0.3, 0.4) is 0 Å². The highest BCUT2D eigenvalue weighted by Crippen LogP contribution is 2.29. The highest BCUT2D eigenvalue weighted by atomic mass is 15.2. The largest absolute Gasteiger partial charge is 0.383 e. The Labute approximate surface area is 125 Å². The van der Waals surface area contributed by atoms with Crippen LogP contribution in [0.1, 0.15) is 23.1 Å². The maximum atomic E-state index is 8.97. The van der Waals surface area contributed by atoms with Crippen LogP contribution in [0.4, 0.5) is 11.4 Å². The zero-order valence-corrected chi connectivity index (χ0v) is 12.3. The zero-order chi connectivity index (χ0) is 14.7. The maximum Gasteiger partial charge on any atom is 0.0991 e. The van der Waals surface area contributed by atoms with Crippen LogP contribution >= 0.6 is 0 Å². The lowest BCUT2D eigenvalue weighted by Crippen LogP contribution is -2.23. The molecule has 0 saturated carbocycles. The van der Waals surface area contributed by atoms with E-state index in [1.54, 1.807) is 0 Å². The van der Waals surface area contributed by atoms with Crippen LogP contribution < -0.4 is 10.2 Å². The van der Waals surface area contributed by atoms with Crippen LogP contribution in [-0.2, 0) is 6.54 Å². The van der Waals surface area contributed by atoms with Gasteiger partial charge >= 0.3 is 0 Å². The molecule has 0 saturated heterocycles. The van der Waals surface area contributed by atoms with Gasteiger partial charge in [0.05, 0.1) is 23.0 Å². The molecule has 2 aromatic carbocycles. The monoisotopic (exact) mass is 277 g/mol. The van der Waals surface area contributed by atoms with Gasteiger partial charge in [0.2, 0.25) is 0 Å². The van der Waals surface area contributed by atoms with Gasteiger partial charge in [-0.25, -0.2) is 0 Å². The molecule has 1 heterocycles. The van der Waals surface area contributed by atoms with Crippen molar-refractivity contribution in [2.75, 3.05) is 23.3 Å². The lowest BCUT2D eigenvalue weighted by molar-refractivity contribution is 0.762. The minimum absolute atomic E-state index is 0.731. The first-order chi connectivity index (χ1) is 10.3. The topological polar surface area (TPSA) is 39.1 Å². The van der Waals surface area contributed by atoms with E-state index in [0.29, 0.717) is 0 Å². The molecular formula is C18H19N3. The van der Waals surface area contributed by atoms with Crippen molar-refractivity contribution in [2.45, 2.75) is 19.9 Å². The Balaban J connectivity index is 1.90. The molecule has 3 rings (SSSR count). The van der Waals surface area contributed by atoms with Crippen LogP contribution in [0.5, 0.6) is 0 Å². The van der Waals surface area contributed by atoms with E-state index in [0.717, 1.165) is 31.6 Å². The predicted octanol–water partition coefficient (Wildman–Crippen LogP) is 3.69. The smallest absolute Gasteiger partial charge is 0.0991 e. The number of para-hydroxylation sites is 2. The highest BCUT2D eigenvalue weighted by Gasteiger charge is 2.15. The maximum absolute atomic E-state index is 8.97. The van der Waals surface area contributed by atoms with E-state index in [1.165, 1.54) is 22.5 Å². The first kappa shape index (κ1) is 13.5. The number of aryl methyl sites for hydroxylation is 1. The summed E-state index contributed by atoms with van der Waals surface area (Å²) in [6.07, 6.45) is 1.13. The summed E-state index contributed by atoms with van der Waals surface area (Å²) in [4.78, 5) is 2.42. The van der Waals surface area contributed by atoms with E-state index in [-0.39, 0.29) is 0 Å². The van der Waals surface area contributed by atoms with E-state index in [1.807, 2.05) is 12.1 Å². The van der Waals surface area contributed by atoms with Gasteiger partial charge in [-0.2, -0.15) is 5.26 Å². The molecule has 0 aliphatic carbocycles. The van der Waals surface area contributed by atoms with Crippen LogP contribution in [0.25, 0.3) is 0 Å². The molecule has 106 valence electrons. The zero-order valence-electron chi connectivity index (χ0n) is 12.3. The standard InChI is InChI=1S/C18H19N3/c1-14-11-15(12-19)7-8-16(14)13-21-10-4-9-20-17-5-2-3-6-18(17)21/h2-3,5-8,11,20H,4,9-10,13H2,1H3. The third-order valence-electron chi connectivity index (χ3n) is 4.00. The number of hydrogen-bond acceptors (Lipinski definition) is 3. The predicted molar refractivity (Wildman–Crippen MR) is 86.5 cm³/mol. The number of fused-ring (bicyclic) bond motifs is 1. The van der Waals surface area contributed by atoms with Crippen molar-refractivity contribution in [3.05, 3.63) is 59.2 Å². The highest BCUT2D eigenvalue weighted by molar-refractivity contribution is 5.70. The third-order valence-corrected chi connectivity index (χ3v) is 4.00. The number of benzene rings is 2. The van der Waals surface area contributed by atoms with Crippen LogP contribution in [0.15, 0.2) is 42.5 Å². The van der Waals surface area contributed by atoms with Crippen LogP contribution in [0.2, 0.25) is 0 Å². The molecule has 0 spiro atoms. The SMILES string of the molecule is Cc1cc(C#N)ccc1CN1CCCNc2ccccc21. The molecule has 21 heavy (non-hydrogen) atoms. The second-order valence-corrected chi connectivity index (χ2v) is 5.47. The van der Waals surface area contributed by atoms with Gasteiger partial charge in [-0.3, -0.25) is 0 Å². The molecule has 0 bridgehead atoms. The minimum atomic E-state index is 0.731. The van der Waals surface area contributed by atoms with E-state index < -0.39 is 0 Å². The summed E-state index contributed by atoms with van der Waals surface area (Å²) in [7, 11) is 0. The molecule has 1 aliphatic rings. The first-order valence-corrected chi connectivity index (χ1v) is 7.35.